The molecule has 4 heteroatoms. The van der Waals surface area contributed by atoms with Crippen molar-refractivity contribution < 1.29 is 0 Å². The van der Waals surface area contributed by atoms with Gasteiger partial charge in [-0.2, -0.15) is 0 Å². The second-order valence-corrected chi connectivity index (χ2v) is 4.72. The number of nitrogens with two attached hydrogens (primary N) is 1. The van der Waals surface area contributed by atoms with Crippen LogP contribution in [-0.4, -0.2) is 0 Å². The van der Waals surface area contributed by atoms with E-state index in [0.717, 1.165) is 22.0 Å². The number of halogens is 3. The van der Waals surface area contributed by atoms with Crippen LogP contribution in [0.5, 0.6) is 0 Å². The first kappa shape index (κ1) is 15.0. The Morgan fingerprint density at radius 3 is 2.67 bits per heavy atom. The molecule has 1 atom stereocenters. The van der Waals surface area contributed by atoms with Gasteiger partial charge in [0.25, 0.3) is 0 Å². The third-order valence-corrected chi connectivity index (χ3v) is 2.85. The summed E-state index contributed by atoms with van der Waals surface area (Å²) in [6.45, 7) is 5.82. The van der Waals surface area contributed by atoms with E-state index in [1.54, 1.807) is 0 Å². The first-order valence-corrected chi connectivity index (χ1v) is 5.52. The Labute approximate surface area is 110 Å². The molecule has 0 saturated heterocycles. The van der Waals surface area contributed by atoms with Gasteiger partial charge in [0.05, 0.1) is 0 Å². The second kappa shape index (κ2) is 6.54. The highest BCUT2D eigenvalue weighted by atomic mass is 79.9. The summed E-state index contributed by atoms with van der Waals surface area (Å²) in [5.41, 5.74) is 8.16. The van der Waals surface area contributed by atoms with Crippen molar-refractivity contribution in [3.05, 3.63) is 45.4 Å². The molecule has 1 rings (SSSR count). The maximum Gasteiger partial charge on any atom is 0.0417 e. The maximum atomic E-state index is 6.01. The van der Waals surface area contributed by atoms with Gasteiger partial charge in [0, 0.05) is 15.5 Å². The molecule has 15 heavy (non-hydrogen) atoms. The lowest BCUT2D eigenvalue weighted by Crippen LogP contribution is -2.10. The van der Waals surface area contributed by atoms with Crippen molar-refractivity contribution in [2.45, 2.75) is 19.4 Å². The van der Waals surface area contributed by atoms with E-state index in [1.165, 1.54) is 0 Å². The van der Waals surface area contributed by atoms with Gasteiger partial charge in [0.2, 0.25) is 0 Å². The van der Waals surface area contributed by atoms with Crippen LogP contribution >= 0.6 is 39.9 Å². The zero-order valence-corrected chi connectivity index (χ0v) is 11.6. The lowest BCUT2D eigenvalue weighted by Gasteiger charge is -2.13. The Kier molecular flexibility index (Phi) is 6.53. The van der Waals surface area contributed by atoms with Crippen LogP contribution < -0.4 is 5.73 Å². The summed E-state index contributed by atoms with van der Waals surface area (Å²) in [5.74, 6) is 0. The van der Waals surface area contributed by atoms with Crippen LogP contribution in [0.15, 0.2) is 34.8 Å². The minimum absolute atomic E-state index is 0. The Morgan fingerprint density at radius 2 is 2.20 bits per heavy atom. The van der Waals surface area contributed by atoms with E-state index in [-0.39, 0.29) is 18.4 Å². The zero-order valence-electron chi connectivity index (χ0n) is 8.47. The van der Waals surface area contributed by atoms with Gasteiger partial charge in [-0.3, -0.25) is 0 Å². The predicted molar refractivity (Wildman–Crippen MR) is 72.8 cm³/mol. The van der Waals surface area contributed by atoms with Crippen LogP contribution in [0.2, 0.25) is 5.02 Å². The second-order valence-electron chi connectivity index (χ2n) is 3.43. The monoisotopic (exact) mass is 309 g/mol. The molecule has 0 spiro atoms. The summed E-state index contributed by atoms with van der Waals surface area (Å²) >= 11 is 9.28. The highest BCUT2D eigenvalue weighted by Gasteiger charge is 2.09. The van der Waals surface area contributed by atoms with Crippen molar-refractivity contribution in [3.8, 4) is 0 Å². The molecule has 0 fully saturated rings. The first-order chi connectivity index (χ1) is 6.50. The van der Waals surface area contributed by atoms with Gasteiger partial charge in [0.15, 0.2) is 0 Å². The lowest BCUT2D eigenvalue weighted by molar-refractivity contribution is 0.714. The molecule has 2 N–H and O–H groups in total. The Morgan fingerprint density at radius 1 is 1.60 bits per heavy atom. The zero-order chi connectivity index (χ0) is 10.7. The van der Waals surface area contributed by atoms with E-state index in [4.69, 9.17) is 17.3 Å². The molecule has 0 aliphatic rings. The van der Waals surface area contributed by atoms with Crippen molar-refractivity contribution in [2.24, 2.45) is 5.73 Å². The number of rotatable bonds is 3. The van der Waals surface area contributed by atoms with Crippen LogP contribution in [0, 0.1) is 0 Å². The van der Waals surface area contributed by atoms with E-state index >= 15 is 0 Å². The highest BCUT2D eigenvalue weighted by Crippen LogP contribution is 2.28. The molecule has 0 aliphatic carbocycles. The summed E-state index contributed by atoms with van der Waals surface area (Å²) in [6.07, 6.45) is 0.792. The van der Waals surface area contributed by atoms with Crippen LogP contribution in [0.3, 0.4) is 0 Å². The van der Waals surface area contributed by atoms with Gasteiger partial charge in [0.1, 0.15) is 0 Å². The van der Waals surface area contributed by atoms with Crippen LogP contribution in [0.4, 0.5) is 0 Å². The predicted octanol–water partition coefficient (Wildman–Crippen LogP) is 4.49. The Balaban J connectivity index is 0.00000196. The average molecular weight is 311 g/mol. The van der Waals surface area contributed by atoms with E-state index in [2.05, 4.69) is 22.5 Å². The van der Waals surface area contributed by atoms with E-state index in [9.17, 15) is 0 Å². The van der Waals surface area contributed by atoms with Crippen molar-refractivity contribution in [1.29, 1.82) is 0 Å². The van der Waals surface area contributed by atoms with E-state index < -0.39 is 0 Å². The van der Waals surface area contributed by atoms with Crippen molar-refractivity contribution in [1.82, 2.24) is 0 Å². The number of benzene rings is 1. The molecule has 0 aliphatic heterocycles. The summed E-state index contributed by atoms with van der Waals surface area (Å²) in [7, 11) is 0. The van der Waals surface area contributed by atoms with Gasteiger partial charge in [-0.15, -0.1) is 19.0 Å². The summed E-state index contributed by atoms with van der Waals surface area (Å²) in [4.78, 5) is 0. The maximum absolute atomic E-state index is 6.01. The Bertz CT molecular complexity index is 352. The SMILES string of the molecule is C=C(C)C[C@@H](N)c1ccc(Cl)cc1Br.Cl. The fourth-order valence-corrected chi connectivity index (χ4v) is 2.26. The first-order valence-electron chi connectivity index (χ1n) is 4.35. The van der Waals surface area contributed by atoms with Crippen LogP contribution in [-0.2, 0) is 0 Å². The molecule has 0 saturated carbocycles. The molecule has 1 aromatic rings. The van der Waals surface area contributed by atoms with Crippen LogP contribution in [0.1, 0.15) is 24.9 Å². The normalized spacial score (nSPS) is 11.7. The largest absolute Gasteiger partial charge is 0.324 e. The molecule has 0 unspecified atom stereocenters. The molecule has 0 amide bonds. The third kappa shape index (κ3) is 4.56. The van der Waals surface area contributed by atoms with Gasteiger partial charge in [-0.05, 0) is 31.0 Å². The molecular formula is C11H14BrCl2N. The van der Waals surface area contributed by atoms with Crippen LogP contribution in [0.25, 0.3) is 0 Å². The molecule has 1 nitrogen and oxygen atoms in total. The van der Waals surface area contributed by atoms with Crippen molar-refractivity contribution in [3.63, 3.8) is 0 Å². The minimum atomic E-state index is -0.0147. The topological polar surface area (TPSA) is 26.0 Å². The molecular weight excluding hydrogens is 297 g/mol. The molecule has 0 radical (unpaired) electrons. The summed E-state index contributed by atoms with van der Waals surface area (Å²) in [5, 5.41) is 0.711. The molecule has 0 aromatic heterocycles. The quantitative estimate of drug-likeness (QED) is 0.818. The highest BCUT2D eigenvalue weighted by molar-refractivity contribution is 9.10. The standard InChI is InChI=1S/C11H13BrClN.ClH/c1-7(2)5-11(14)9-4-3-8(13)6-10(9)12;/h3-4,6,11H,1,5,14H2,2H3;1H/t11-;/m1./s1. The average Bonchev–Trinajstić information content (AvgIpc) is 2.01. The van der Waals surface area contributed by atoms with E-state index in [1.807, 2.05) is 25.1 Å². The number of hydrogen-bond donors (Lipinski definition) is 1. The molecule has 84 valence electrons. The molecule has 0 bridgehead atoms. The Hall–Kier alpha value is -0.0200. The van der Waals surface area contributed by atoms with Crippen molar-refractivity contribution in [2.75, 3.05) is 0 Å². The fraction of sp³-hybridized carbons (Fsp3) is 0.273. The summed E-state index contributed by atoms with van der Waals surface area (Å²) in [6, 6.07) is 5.63. The smallest absolute Gasteiger partial charge is 0.0417 e. The van der Waals surface area contributed by atoms with Gasteiger partial charge < -0.3 is 5.73 Å². The molecule has 1 aromatic carbocycles. The minimum Gasteiger partial charge on any atom is -0.324 e. The number of hydrogen-bond acceptors (Lipinski definition) is 1. The summed E-state index contributed by atoms with van der Waals surface area (Å²) < 4.78 is 0.957. The lowest BCUT2D eigenvalue weighted by atomic mass is 10.0. The van der Waals surface area contributed by atoms with Gasteiger partial charge in [-0.1, -0.05) is 39.2 Å². The van der Waals surface area contributed by atoms with Gasteiger partial charge >= 0.3 is 0 Å². The third-order valence-electron chi connectivity index (χ3n) is 1.93. The van der Waals surface area contributed by atoms with Crippen molar-refractivity contribution >= 4 is 39.9 Å². The molecule has 0 heterocycles. The van der Waals surface area contributed by atoms with Gasteiger partial charge in [-0.25, -0.2) is 0 Å². The fourth-order valence-electron chi connectivity index (χ4n) is 1.29. The van der Waals surface area contributed by atoms with E-state index in [0.29, 0.717) is 5.02 Å².